The van der Waals surface area contributed by atoms with Gasteiger partial charge in [-0.25, -0.2) is 4.39 Å². The zero-order chi connectivity index (χ0) is 17.4. The van der Waals surface area contributed by atoms with E-state index >= 15 is 0 Å². The summed E-state index contributed by atoms with van der Waals surface area (Å²) in [6.07, 6.45) is -0.415. The summed E-state index contributed by atoms with van der Waals surface area (Å²) in [6, 6.07) is 9.93. The molecule has 1 unspecified atom stereocenters. The molecule has 0 spiro atoms. The lowest BCUT2D eigenvalue weighted by Crippen LogP contribution is -2.40. The van der Waals surface area contributed by atoms with Crippen LogP contribution >= 0.6 is 11.6 Å². The summed E-state index contributed by atoms with van der Waals surface area (Å²) in [7, 11) is 0. The summed E-state index contributed by atoms with van der Waals surface area (Å²) in [5, 5.41) is 24.1. The van der Waals surface area contributed by atoms with E-state index in [2.05, 4.69) is 6.58 Å². The Morgan fingerprint density at radius 2 is 2.04 bits per heavy atom. The Morgan fingerprint density at radius 1 is 1.29 bits per heavy atom. The SMILES string of the molecule is C=C1C([N+](=O)[O-])N(c2cccc(F)c2)c2ccc(Cl)cc2C=[N+]1[O-]. The van der Waals surface area contributed by atoms with Crippen LogP contribution in [0.5, 0.6) is 0 Å². The average molecular weight is 348 g/mol. The quantitative estimate of drug-likeness (QED) is 0.359. The van der Waals surface area contributed by atoms with E-state index in [1.54, 1.807) is 12.1 Å². The molecule has 6 nitrogen and oxygen atoms in total. The van der Waals surface area contributed by atoms with Crippen molar-refractivity contribution in [3.05, 3.63) is 86.5 Å². The zero-order valence-corrected chi connectivity index (χ0v) is 13.0. The number of rotatable bonds is 2. The fourth-order valence-corrected chi connectivity index (χ4v) is 2.75. The highest BCUT2D eigenvalue weighted by molar-refractivity contribution is 6.31. The van der Waals surface area contributed by atoms with Crippen LogP contribution in [0.15, 0.2) is 54.7 Å². The van der Waals surface area contributed by atoms with Gasteiger partial charge in [-0.1, -0.05) is 17.7 Å². The largest absolute Gasteiger partial charge is 0.618 e. The van der Waals surface area contributed by atoms with Crippen LogP contribution in [-0.4, -0.2) is 22.0 Å². The third-order valence-corrected chi connectivity index (χ3v) is 3.85. The van der Waals surface area contributed by atoms with Crippen molar-refractivity contribution in [1.82, 2.24) is 0 Å². The highest BCUT2D eigenvalue weighted by atomic mass is 35.5. The lowest BCUT2D eigenvalue weighted by Gasteiger charge is -2.26. The second-order valence-corrected chi connectivity index (χ2v) is 5.59. The summed E-state index contributed by atoms with van der Waals surface area (Å²) in [5.41, 5.74) is 0.653. The molecule has 122 valence electrons. The summed E-state index contributed by atoms with van der Waals surface area (Å²) in [5.74, 6) is -0.553. The van der Waals surface area contributed by atoms with Gasteiger partial charge in [0.25, 0.3) is 5.70 Å². The third kappa shape index (κ3) is 2.69. The lowest BCUT2D eigenvalue weighted by molar-refractivity contribution is -0.545. The second kappa shape index (κ2) is 5.93. The number of anilines is 2. The van der Waals surface area contributed by atoms with Gasteiger partial charge in [-0.3, -0.25) is 15.0 Å². The first-order valence-electron chi connectivity index (χ1n) is 6.86. The lowest BCUT2D eigenvalue weighted by atomic mass is 10.1. The van der Waals surface area contributed by atoms with Crippen molar-refractivity contribution in [3.8, 4) is 0 Å². The van der Waals surface area contributed by atoms with Crippen LogP contribution in [0.2, 0.25) is 5.02 Å². The molecule has 0 radical (unpaired) electrons. The molecule has 0 amide bonds. The van der Waals surface area contributed by atoms with E-state index in [-0.39, 0.29) is 11.4 Å². The number of halogens is 2. The maximum atomic E-state index is 13.6. The van der Waals surface area contributed by atoms with Crippen LogP contribution in [0.4, 0.5) is 15.8 Å². The molecular formula is C16H11ClFN3O3. The summed E-state index contributed by atoms with van der Waals surface area (Å²) < 4.78 is 14.0. The average Bonchev–Trinajstić information content (AvgIpc) is 2.62. The van der Waals surface area contributed by atoms with E-state index in [9.17, 15) is 19.7 Å². The van der Waals surface area contributed by atoms with Crippen molar-refractivity contribution >= 4 is 29.2 Å². The van der Waals surface area contributed by atoms with Crippen molar-refractivity contribution < 1.29 is 14.1 Å². The fraction of sp³-hybridized carbons (Fsp3) is 0.0625. The highest BCUT2D eigenvalue weighted by Gasteiger charge is 2.41. The first kappa shape index (κ1) is 15.9. The van der Waals surface area contributed by atoms with Gasteiger partial charge < -0.3 is 5.21 Å². The van der Waals surface area contributed by atoms with E-state index < -0.39 is 16.9 Å². The van der Waals surface area contributed by atoms with Crippen LogP contribution in [0.1, 0.15) is 5.56 Å². The Kier molecular flexibility index (Phi) is 3.94. The Labute approximate surface area is 141 Å². The van der Waals surface area contributed by atoms with Crippen molar-refractivity contribution in [2.75, 3.05) is 4.90 Å². The van der Waals surface area contributed by atoms with Crippen LogP contribution in [-0.2, 0) is 0 Å². The van der Waals surface area contributed by atoms with E-state index in [1.807, 2.05) is 0 Å². The molecule has 2 aromatic rings. The third-order valence-electron chi connectivity index (χ3n) is 3.62. The fourth-order valence-electron chi connectivity index (χ4n) is 2.57. The normalized spacial score (nSPS) is 17.1. The molecular weight excluding hydrogens is 337 g/mol. The van der Waals surface area contributed by atoms with Gasteiger partial charge in [0.05, 0.1) is 21.9 Å². The summed E-state index contributed by atoms with van der Waals surface area (Å²) >= 11 is 5.96. The van der Waals surface area contributed by atoms with E-state index in [0.717, 1.165) is 6.07 Å². The maximum Gasteiger partial charge on any atom is 0.375 e. The molecule has 0 fully saturated rings. The van der Waals surface area contributed by atoms with E-state index in [0.29, 0.717) is 21.0 Å². The van der Waals surface area contributed by atoms with Gasteiger partial charge in [0.2, 0.25) is 0 Å². The molecule has 1 heterocycles. The van der Waals surface area contributed by atoms with Gasteiger partial charge in [-0.05, 0) is 43.0 Å². The molecule has 3 rings (SSSR count). The van der Waals surface area contributed by atoms with Crippen molar-refractivity contribution in [2.45, 2.75) is 6.17 Å². The minimum Gasteiger partial charge on any atom is -0.618 e. The summed E-state index contributed by atoms with van der Waals surface area (Å²) in [4.78, 5) is 12.2. The van der Waals surface area contributed by atoms with Gasteiger partial charge >= 0.3 is 6.17 Å². The molecule has 24 heavy (non-hydrogen) atoms. The standard InChI is InChI=1S/C16H11ClFN3O3/c1-10-16(21(23)24)20(14-4-2-3-13(18)8-14)15-6-5-12(17)7-11(15)9-19(10)22/h2-9,16H,1H2. The monoisotopic (exact) mass is 347 g/mol. The van der Waals surface area contributed by atoms with Crippen molar-refractivity contribution in [2.24, 2.45) is 0 Å². The van der Waals surface area contributed by atoms with Gasteiger partial charge in [0.1, 0.15) is 5.82 Å². The number of nitro groups is 1. The van der Waals surface area contributed by atoms with Gasteiger partial charge in [0.15, 0.2) is 6.21 Å². The minimum atomic E-state index is -1.58. The Balaban J connectivity index is 2.30. The van der Waals surface area contributed by atoms with Gasteiger partial charge in [-0.2, -0.15) is 4.74 Å². The minimum absolute atomic E-state index is 0.227. The van der Waals surface area contributed by atoms with Crippen LogP contribution in [0.25, 0.3) is 0 Å². The summed E-state index contributed by atoms with van der Waals surface area (Å²) in [6.45, 7) is 3.53. The van der Waals surface area contributed by atoms with E-state index in [1.165, 1.54) is 35.4 Å². The van der Waals surface area contributed by atoms with Crippen LogP contribution in [0.3, 0.4) is 0 Å². The Morgan fingerprint density at radius 3 is 2.71 bits per heavy atom. The predicted molar refractivity (Wildman–Crippen MR) is 88.7 cm³/mol. The Bertz CT molecular complexity index is 885. The first-order chi connectivity index (χ1) is 11.4. The predicted octanol–water partition coefficient (Wildman–Crippen LogP) is 3.68. The molecule has 1 atom stereocenters. The first-order valence-corrected chi connectivity index (χ1v) is 7.24. The number of hydrogen-bond donors (Lipinski definition) is 0. The Hall–Kier alpha value is -2.93. The van der Waals surface area contributed by atoms with Crippen molar-refractivity contribution in [3.63, 3.8) is 0 Å². The molecule has 0 aliphatic carbocycles. The molecule has 1 aliphatic heterocycles. The van der Waals surface area contributed by atoms with Crippen molar-refractivity contribution in [1.29, 1.82) is 0 Å². The second-order valence-electron chi connectivity index (χ2n) is 5.16. The number of benzene rings is 2. The zero-order valence-electron chi connectivity index (χ0n) is 12.2. The molecule has 0 saturated carbocycles. The topological polar surface area (TPSA) is 72.5 Å². The van der Waals surface area contributed by atoms with Gasteiger partial charge in [0, 0.05) is 5.02 Å². The maximum absolute atomic E-state index is 13.6. The molecule has 2 aromatic carbocycles. The van der Waals surface area contributed by atoms with Gasteiger partial charge in [-0.15, -0.1) is 0 Å². The van der Waals surface area contributed by atoms with E-state index in [4.69, 9.17) is 11.6 Å². The molecule has 0 N–H and O–H groups in total. The highest BCUT2D eigenvalue weighted by Crippen LogP contribution is 2.36. The molecule has 0 bridgehead atoms. The molecule has 0 aromatic heterocycles. The van der Waals surface area contributed by atoms with Crippen LogP contribution in [0, 0.1) is 21.1 Å². The number of hydrogen-bond acceptors (Lipinski definition) is 4. The number of benzodiazepines with no additional fused rings is 1. The molecule has 1 aliphatic rings. The number of nitrogens with zero attached hydrogens (tertiary/aromatic N) is 3. The smallest absolute Gasteiger partial charge is 0.375 e. The van der Waals surface area contributed by atoms with Crippen LogP contribution < -0.4 is 4.90 Å². The molecule has 8 heteroatoms. The number of hydroxylamine groups is 1. The number of fused-ring (bicyclic) bond motifs is 1. The molecule has 0 saturated heterocycles.